The fourth-order valence-electron chi connectivity index (χ4n) is 0.474. The van der Waals surface area contributed by atoms with Crippen LogP contribution in [0.5, 0.6) is 0 Å². The highest BCUT2D eigenvalue weighted by Gasteiger charge is 2.15. The Balaban J connectivity index is 4.10. The second kappa shape index (κ2) is 5.71. The first-order chi connectivity index (χ1) is 6.02. The van der Waals surface area contributed by atoms with Gasteiger partial charge in [0.2, 0.25) is 0 Å². The number of allylic oxidation sites excluding steroid dienone is 1. The third-order valence-corrected chi connectivity index (χ3v) is 1.74. The lowest BCUT2D eigenvalue weighted by atomic mass is 10.5. The Morgan fingerprint density at radius 1 is 1.46 bits per heavy atom. The van der Waals surface area contributed by atoms with Gasteiger partial charge in [0.1, 0.15) is 0 Å². The van der Waals surface area contributed by atoms with Crippen molar-refractivity contribution in [2.24, 2.45) is 0 Å². The Kier molecular flexibility index (Phi) is 5.33. The molecule has 0 N–H and O–H groups in total. The molecular weight excluding hydrogens is 196 g/mol. The first kappa shape index (κ1) is 12.1. The molecule has 0 saturated heterocycles. The van der Waals surface area contributed by atoms with E-state index in [0.717, 1.165) is 6.08 Å². The monoisotopic (exact) mass is 208 g/mol. The van der Waals surface area contributed by atoms with Crippen molar-refractivity contribution in [1.82, 2.24) is 0 Å². The molecule has 0 heterocycles. The van der Waals surface area contributed by atoms with E-state index >= 15 is 0 Å². The summed E-state index contributed by atoms with van der Waals surface area (Å²) in [7, 11) is -4.17. The summed E-state index contributed by atoms with van der Waals surface area (Å²) in [6, 6.07) is 0. The molecule has 0 aliphatic heterocycles. The average Bonchev–Trinajstić information content (AvgIpc) is 2.00. The summed E-state index contributed by atoms with van der Waals surface area (Å²) in [5.41, 5.74) is 0. The predicted octanol–water partition coefficient (Wildman–Crippen LogP) is 0.777. The molecule has 0 spiro atoms. The van der Waals surface area contributed by atoms with Crippen molar-refractivity contribution < 1.29 is 21.6 Å². The summed E-state index contributed by atoms with van der Waals surface area (Å²) in [5, 5.41) is 0. The first-order valence-electron chi connectivity index (χ1n) is 3.77. The second-order valence-corrected chi connectivity index (χ2v) is 3.35. The normalized spacial score (nSPS) is 11.8. The lowest BCUT2D eigenvalue weighted by Gasteiger charge is -2.01. The molecule has 0 amide bonds. The van der Waals surface area contributed by atoms with Crippen LogP contribution in [-0.4, -0.2) is 21.0 Å². The number of carbonyl (C=O) groups is 1. The standard InChI is InChI=1S/C7H12O5S/c1-3-5-7(8)12-13(9,10)11-6-4-2/h3,5H,4,6H2,1-2H3. The molecule has 0 unspecified atom stereocenters. The van der Waals surface area contributed by atoms with Gasteiger partial charge in [-0.05, 0) is 13.3 Å². The van der Waals surface area contributed by atoms with E-state index < -0.39 is 16.4 Å². The van der Waals surface area contributed by atoms with Gasteiger partial charge in [0, 0.05) is 6.08 Å². The third-order valence-electron chi connectivity index (χ3n) is 0.919. The zero-order valence-corrected chi connectivity index (χ0v) is 8.33. The van der Waals surface area contributed by atoms with Gasteiger partial charge in [0.15, 0.2) is 0 Å². The zero-order valence-electron chi connectivity index (χ0n) is 7.52. The van der Waals surface area contributed by atoms with E-state index in [9.17, 15) is 13.2 Å². The minimum Gasteiger partial charge on any atom is -0.321 e. The molecule has 0 aromatic rings. The molecule has 5 nitrogen and oxygen atoms in total. The van der Waals surface area contributed by atoms with Crippen LogP contribution in [0.4, 0.5) is 0 Å². The minimum absolute atomic E-state index is 0.00541. The Morgan fingerprint density at radius 2 is 2.08 bits per heavy atom. The molecule has 0 aliphatic carbocycles. The summed E-state index contributed by atoms with van der Waals surface area (Å²) >= 11 is 0. The molecule has 76 valence electrons. The zero-order chi connectivity index (χ0) is 10.3. The second-order valence-electron chi connectivity index (χ2n) is 2.13. The van der Waals surface area contributed by atoms with Gasteiger partial charge in [0.05, 0.1) is 6.61 Å². The predicted molar refractivity (Wildman–Crippen MR) is 46.1 cm³/mol. The number of carbonyl (C=O) groups excluding carboxylic acids is 1. The minimum atomic E-state index is -4.17. The molecule has 0 aliphatic rings. The highest BCUT2D eigenvalue weighted by atomic mass is 32.3. The molecule has 0 aromatic heterocycles. The van der Waals surface area contributed by atoms with E-state index in [2.05, 4.69) is 8.37 Å². The van der Waals surface area contributed by atoms with Crippen molar-refractivity contribution in [2.45, 2.75) is 20.3 Å². The van der Waals surface area contributed by atoms with Gasteiger partial charge in [-0.2, -0.15) is 8.42 Å². The molecule has 0 bridgehead atoms. The van der Waals surface area contributed by atoms with E-state index in [-0.39, 0.29) is 6.61 Å². The van der Waals surface area contributed by atoms with Crippen LogP contribution in [-0.2, 0) is 23.6 Å². The molecule has 13 heavy (non-hydrogen) atoms. The molecule has 0 fully saturated rings. The van der Waals surface area contributed by atoms with Crippen LogP contribution in [0.1, 0.15) is 20.3 Å². The van der Waals surface area contributed by atoms with Crippen LogP contribution in [0, 0.1) is 0 Å². The van der Waals surface area contributed by atoms with Crippen molar-refractivity contribution in [2.75, 3.05) is 6.61 Å². The molecule has 0 aromatic carbocycles. The highest BCUT2D eigenvalue weighted by molar-refractivity contribution is 7.82. The van der Waals surface area contributed by atoms with E-state index in [1.54, 1.807) is 13.8 Å². The molecule has 0 rings (SSSR count). The van der Waals surface area contributed by atoms with Crippen molar-refractivity contribution in [3.05, 3.63) is 12.2 Å². The summed E-state index contributed by atoms with van der Waals surface area (Å²) in [6.45, 7) is 3.31. The van der Waals surface area contributed by atoms with Gasteiger partial charge >= 0.3 is 16.4 Å². The summed E-state index contributed by atoms with van der Waals surface area (Å²) in [4.78, 5) is 10.7. The van der Waals surface area contributed by atoms with E-state index in [1.165, 1.54) is 6.08 Å². The lowest BCUT2D eigenvalue weighted by molar-refractivity contribution is -0.129. The Hall–Kier alpha value is -0.880. The molecule has 0 saturated carbocycles. The topological polar surface area (TPSA) is 69.7 Å². The fourth-order valence-corrected chi connectivity index (χ4v) is 1.15. The molecule has 6 heteroatoms. The first-order valence-corrected chi connectivity index (χ1v) is 5.10. The maximum atomic E-state index is 10.8. The SMILES string of the molecule is CC=CC(=O)OS(=O)(=O)OCCC. The highest BCUT2D eigenvalue weighted by Crippen LogP contribution is 1.98. The van der Waals surface area contributed by atoms with E-state index in [4.69, 9.17) is 0 Å². The van der Waals surface area contributed by atoms with E-state index in [1.807, 2.05) is 0 Å². The summed E-state index contributed by atoms with van der Waals surface area (Å²) < 4.78 is 29.8. The molecule has 0 atom stereocenters. The van der Waals surface area contributed by atoms with Gasteiger partial charge in [-0.25, -0.2) is 8.98 Å². The maximum absolute atomic E-state index is 10.8. The fraction of sp³-hybridized carbons (Fsp3) is 0.571. The Bertz CT molecular complexity index is 277. The third kappa shape index (κ3) is 6.30. The van der Waals surface area contributed by atoms with Gasteiger partial charge < -0.3 is 4.18 Å². The molecule has 0 radical (unpaired) electrons. The quantitative estimate of drug-likeness (QED) is 0.624. The number of hydrogen-bond donors (Lipinski definition) is 0. The van der Waals surface area contributed by atoms with Crippen LogP contribution in [0.2, 0.25) is 0 Å². The van der Waals surface area contributed by atoms with Crippen LogP contribution in [0.15, 0.2) is 12.2 Å². The summed E-state index contributed by atoms with van der Waals surface area (Å²) in [5.74, 6) is -0.960. The van der Waals surface area contributed by atoms with E-state index in [0.29, 0.717) is 6.42 Å². The van der Waals surface area contributed by atoms with Crippen molar-refractivity contribution in [1.29, 1.82) is 0 Å². The van der Waals surface area contributed by atoms with Gasteiger partial charge in [-0.15, -0.1) is 0 Å². The van der Waals surface area contributed by atoms with Crippen LogP contribution >= 0.6 is 0 Å². The van der Waals surface area contributed by atoms with Crippen molar-refractivity contribution in [3.63, 3.8) is 0 Å². The van der Waals surface area contributed by atoms with Crippen LogP contribution in [0.3, 0.4) is 0 Å². The number of hydrogen-bond acceptors (Lipinski definition) is 5. The van der Waals surface area contributed by atoms with Gasteiger partial charge in [0.25, 0.3) is 0 Å². The van der Waals surface area contributed by atoms with Crippen LogP contribution < -0.4 is 0 Å². The average molecular weight is 208 g/mol. The smallest absolute Gasteiger partial charge is 0.321 e. The Labute approximate surface area is 77.7 Å². The van der Waals surface area contributed by atoms with Crippen molar-refractivity contribution in [3.8, 4) is 0 Å². The van der Waals surface area contributed by atoms with Crippen LogP contribution in [0.25, 0.3) is 0 Å². The Morgan fingerprint density at radius 3 is 2.54 bits per heavy atom. The summed E-state index contributed by atoms with van der Waals surface area (Å²) in [6.07, 6.45) is 2.89. The van der Waals surface area contributed by atoms with Crippen molar-refractivity contribution >= 4 is 16.4 Å². The largest absolute Gasteiger partial charge is 0.451 e. The molecular formula is C7H12O5S. The number of rotatable bonds is 5. The van der Waals surface area contributed by atoms with Gasteiger partial charge in [-0.1, -0.05) is 13.0 Å². The lowest BCUT2D eigenvalue weighted by Crippen LogP contribution is -2.14. The maximum Gasteiger partial charge on any atom is 0.451 e. The van der Waals surface area contributed by atoms with Gasteiger partial charge in [-0.3, -0.25) is 0 Å².